The number of ether oxygens (including phenoxy) is 1. The van der Waals surface area contributed by atoms with Crippen LogP contribution in [0, 0.1) is 0 Å². The second-order valence-electron chi connectivity index (χ2n) is 6.63. The number of alkyl halides is 2. The number of hydrogen-bond donors (Lipinski definition) is 2. The number of halogens is 3. The van der Waals surface area contributed by atoms with E-state index in [-0.39, 0.29) is 57.4 Å². The third kappa shape index (κ3) is 8.22. The number of hydrogen-bond acceptors (Lipinski definition) is 4. The van der Waals surface area contributed by atoms with Crippen molar-refractivity contribution < 1.29 is 23.1 Å². The summed E-state index contributed by atoms with van der Waals surface area (Å²) < 4.78 is 31.5. The van der Waals surface area contributed by atoms with Gasteiger partial charge in [0.25, 0.3) is 11.8 Å². The zero-order chi connectivity index (χ0) is 20.6. The van der Waals surface area contributed by atoms with Gasteiger partial charge in [0, 0.05) is 49.6 Å². The van der Waals surface area contributed by atoms with Crippen LogP contribution in [0.15, 0.2) is 36.5 Å². The summed E-state index contributed by atoms with van der Waals surface area (Å²) in [7, 11) is 0. The fourth-order valence-electron chi connectivity index (χ4n) is 2.62. The van der Waals surface area contributed by atoms with Gasteiger partial charge in [0.1, 0.15) is 5.75 Å². The van der Waals surface area contributed by atoms with E-state index in [1.807, 2.05) is 0 Å². The van der Waals surface area contributed by atoms with Gasteiger partial charge in [-0.2, -0.15) is 0 Å². The normalized spacial score (nSPS) is 16.2. The highest BCUT2D eigenvalue weighted by molar-refractivity contribution is 6.30. The molecule has 0 bridgehead atoms. The highest BCUT2D eigenvalue weighted by atomic mass is 35.5. The lowest BCUT2D eigenvalue weighted by atomic mass is 10.1. The molecule has 0 aliphatic carbocycles. The predicted octanol–water partition coefficient (Wildman–Crippen LogP) is 2.59. The molecule has 1 aromatic carbocycles. The third-order valence-corrected chi connectivity index (χ3v) is 4.46. The predicted molar refractivity (Wildman–Crippen MR) is 102 cm³/mol. The Morgan fingerprint density at radius 1 is 1.18 bits per heavy atom. The molecule has 154 valence electrons. The molecule has 0 aromatic heterocycles. The molecule has 9 heteroatoms. The number of nitrogens with zero attached hydrogens (tertiary/aromatic N) is 1. The van der Waals surface area contributed by atoms with Crippen LogP contribution in [0.5, 0.6) is 5.75 Å². The van der Waals surface area contributed by atoms with E-state index >= 15 is 0 Å². The van der Waals surface area contributed by atoms with Gasteiger partial charge >= 0.3 is 0 Å². The Kier molecular flexibility index (Phi) is 8.19. The summed E-state index contributed by atoms with van der Waals surface area (Å²) in [4.78, 5) is 25.4. The smallest absolute Gasteiger partial charge is 0.257 e. The number of amides is 2. The first-order chi connectivity index (χ1) is 13.2. The number of benzene rings is 1. The van der Waals surface area contributed by atoms with Crippen molar-refractivity contribution in [2.75, 3.05) is 32.8 Å². The maximum Gasteiger partial charge on any atom is 0.257 e. The molecule has 0 saturated carbocycles. The molecule has 0 radical (unpaired) electrons. The molecule has 28 heavy (non-hydrogen) atoms. The van der Waals surface area contributed by atoms with Crippen LogP contribution in [0.1, 0.15) is 19.3 Å². The fraction of sp³-hybridized carbons (Fsp3) is 0.474. The van der Waals surface area contributed by atoms with Crippen molar-refractivity contribution >= 4 is 23.4 Å². The van der Waals surface area contributed by atoms with Gasteiger partial charge in [-0.3, -0.25) is 14.5 Å². The van der Waals surface area contributed by atoms with Crippen LogP contribution < -0.4 is 15.4 Å². The first kappa shape index (κ1) is 22.1. The molecule has 2 N–H and O–H groups in total. The minimum Gasteiger partial charge on any atom is -0.484 e. The summed E-state index contributed by atoms with van der Waals surface area (Å²) >= 11 is 5.77. The summed E-state index contributed by atoms with van der Waals surface area (Å²) in [6.45, 7) is 4.33. The second-order valence-corrected chi connectivity index (χ2v) is 7.06. The van der Waals surface area contributed by atoms with E-state index in [4.69, 9.17) is 16.3 Å². The molecule has 0 spiro atoms. The highest BCUT2D eigenvalue weighted by Crippen LogP contribution is 2.27. The highest BCUT2D eigenvalue weighted by Gasteiger charge is 2.34. The van der Waals surface area contributed by atoms with Crippen LogP contribution in [-0.2, 0) is 9.59 Å². The minimum absolute atomic E-state index is 0.0520. The van der Waals surface area contributed by atoms with Crippen molar-refractivity contribution in [3.05, 3.63) is 41.6 Å². The molecule has 0 unspecified atom stereocenters. The lowest BCUT2D eigenvalue weighted by molar-refractivity contribution is -0.123. The maximum atomic E-state index is 13.1. The van der Waals surface area contributed by atoms with Gasteiger partial charge in [-0.25, -0.2) is 8.78 Å². The lowest BCUT2D eigenvalue weighted by Crippen LogP contribution is -2.44. The zero-order valence-corrected chi connectivity index (χ0v) is 16.2. The SMILES string of the molecule is C=C(CCNC(=O)COc1ccc(Cl)cc1)NC(=O)CN1CCC(F)(F)CC1. The van der Waals surface area contributed by atoms with Gasteiger partial charge in [0.05, 0.1) is 6.54 Å². The van der Waals surface area contributed by atoms with Gasteiger partial charge < -0.3 is 15.4 Å². The molecular formula is C19H24ClF2N3O3. The summed E-state index contributed by atoms with van der Waals surface area (Å²) in [5.41, 5.74) is 0.450. The first-order valence-corrected chi connectivity index (χ1v) is 9.34. The Morgan fingerprint density at radius 3 is 2.46 bits per heavy atom. The summed E-state index contributed by atoms with van der Waals surface area (Å²) in [5, 5.41) is 5.87. The van der Waals surface area contributed by atoms with Crippen molar-refractivity contribution in [2.45, 2.75) is 25.2 Å². The van der Waals surface area contributed by atoms with Crippen LogP contribution >= 0.6 is 11.6 Å². The lowest BCUT2D eigenvalue weighted by Gasteiger charge is -2.31. The Balaban J connectivity index is 1.57. The standard InChI is InChI=1S/C19H24ClF2N3O3/c1-14(24-17(26)12-25-10-7-19(21,22)8-11-25)6-9-23-18(27)13-28-16-4-2-15(20)3-5-16/h2-5H,1,6-13H2,(H,23,27)(H,24,26). The van der Waals surface area contributed by atoms with E-state index in [1.165, 1.54) is 0 Å². The third-order valence-electron chi connectivity index (χ3n) is 4.20. The largest absolute Gasteiger partial charge is 0.484 e. The van der Waals surface area contributed by atoms with Crippen LogP contribution in [-0.4, -0.2) is 55.4 Å². The Morgan fingerprint density at radius 2 is 1.82 bits per heavy atom. The summed E-state index contributed by atoms with van der Waals surface area (Å²) in [5.74, 6) is -2.70. The number of carbonyl (C=O) groups is 2. The monoisotopic (exact) mass is 415 g/mol. The molecule has 2 amide bonds. The number of carbonyl (C=O) groups excluding carboxylic acids is 2. The number of rotatable bonds is 9. The molecule has 1 saturated heterocycles. The van der Waals surface area contributed by atoms with E-state index in [0.717, 1.165) is 0 Å². The van der Waals surface area contributed by atoms with Crippen molar-refractivity contribution in [3.8, 4) is 5.75 Å². The zero-order valence-electron chi connectivity index (χ0n) is 15.5. The molecule has 1 fully saturated rings. The van der Waals surface area contributed by atoms with Crippen LogP contribution in [0.2, 0.25) is 5.02 Å². The summed E-state index contributed by atoms with van der Waals surface area (Å²) in [6.07, 6.45) is -0.104. The summed E-state index contributed by atoms with van der Waals surface area (Å²) in [6, 6.07) is 6.65. The quantitative estimate of drug-likeness (QED) is 0.650. The Labute approximate surface area is 167 Å². The van der Waals surface area contributed by atoms with Crippen molar-refractivity contribution in [1.29, 1.82) is 0 Å². The van der Waals surface area contributed by atoms with Gasteiger partial charge in [0.2, 0.25) is 5.91 Å². The molecule has 1 heterocycles. The first-order valence-electron chi connectivity index (χ1n) is 8.96. The Bertz CT molecular complexity index is 688. The fourth-order valence-corrected chi connectivity index (χ4v) is 2.75. The van der Waals surface area contributed by atoms with Gasteiger partial charge in [-0.05, 0) is 24.3 Å². The van der Waals surface area contributed by atoms with E-state index in [2.05, 4.69) is 17.2 Å². The van der Waals surface area contributed by atoms with E-state index in [0.29, 0.717) is 22.9 Å². The van der Waals surface area contributed by atoms with Crippen LogP contribution in [0.25, 0.3) is 0 Å². The van der Waals surface area contributed by atoms with Crippen molar-refractivity contribution in [2.24, 2.45) is 0 Å². The molecule has 6 nitrogen and oxygen atoms in total. The van der Waals surface area contributed by atoms with Gasteiger partial charge in [-0.15, -0.1) is 0 Å². The maximum absolute atomic E-state index is 13.1. The van der Waals surface area contributed by atoms with E-state index in [1.54, 1.807) is 29.2 Å². The Hall–Kier alpha value is -2.19. The van der Waals surface area contributed by atoms with Gasteiger partial charge in [0.15, 0.2) is 6.61 Å². The number of piperidine rings is 1. The average molecular weight is 416 g/mol. The topological polar surface area (TPSA) is 70.7 Å². The van der Waals surface area contributed by atoms with Crippen LogP contribution in [0.4, 0.5) is 8.78 Å². The molecule has 1 aliphatic heterocycles. The van der Waals surface area contributed by atoms with Crippen molar-refractivity contribution in [1.82, 2.24) is 15.5 Å². The molecule has 0 atom stereocenters. The molecule has 1 aromatic rings. The average Bonchev–Trinajstić information content (AvgIpc) is 2.63. The minimum atomic E-state index is -2.63. The number of nitrogens with one attached hydrogen (secondary N) is 2. The van der Waals surface area contributed by atoms with Crippen LogP contribution in [0.3, 0.4) is 0 Å². The van der Waals surface area contributed by atoms with E-state index in [9.17, 15) is 18.4 Å². The second kappa shape index (κ2) is 10.4. The molecule has 1 aliphatic rings. The number of likely N-dealkylation sites (tertiary alicyclic amines) is 1. The molecule has 2 rings (SSSR count). The van der Waals surface area contributed by atoms with E-state index < -0.39 is 5.92 Å². The molecular weight excluding hydrogens is 392 g/mol. The van der Waals surface area contributed by atoms with Gasteiger partial charge in [-0.1, -0.05) is 18.2 Å². The van der Waals surface area contributed by atoms with Crippen molar-refractivity contribution in [3.63, 3.8) is 0 Å².